The van der Waals surface area contributed by atoms with Crippen molar-refractivity contribution >= 4 is 0 Å². The normalized spacial score (nSPS) is 24.8. The van der Waals surface area contributed by atoms with Crippen LogP contribution in [-0.4, -0.2) is 36.6 Å². The zero-order valence-electron chi connectivity index (χ0n) is 9.42. The van der Waals surface area contributed by atoms with Crippen LogP contribution < -0.4 is 5.32 Å². The maximum absolute atomic E-state index is 5.41. The van der Waals surface area contributed by atoms with E-state index in [0.717, 1.165) is 13.0 Å². The van der Waals surface area contributed by atoms with E-state index < -0.39 is 0 Å². The van der Waals surface area contributed by atoms with Crippen LogP contribution in [0.4, 0.5) is 0 Å². The Morgan fingerprint density at radius 2 is 2.36 bits per heavy atom. The fraction of sp³-hybridized carbons (Fsp3) is 0.833. The minimum absolute atomic E-state index is 0.259. The molecule has 2 nitrogen and oxygen atoms in total. The van der Waals surface area contributed by atoms with Gasteiger partial charge in [0, 0.05) is 12.6 Å². The molecule has 14 heavy (non-hydrogen) atoms. The highest BCUT2D eigenvalue weighted by molar-refractivity contribution is 4.98. The van der Waals surface area contributed by atoms with Gasteiger partial charge in [0.2, 0.25) is 0 Å². The highest BCUT2D eigenvalue weighted by Crippen LogP contribution is 2.15. The van der Waals surface area contributed by atoms with Crippen molar-refractivity contribution in [2.75, 3.05) is 19.6 Å². The molecule has 0 aliphatic carbocycles. The molecular weight excluding hydrogens is 172 g/mol. The number of likely N-dealkylation sites (N-methyl/N-ethyl adjacent to an activating group) is 1. The van der Waals surface area contributed by atoms with Crippen molar-refractivity contribution < 1.29 is 0 Å². The van der Waals surface area contributed by atoms with Gasteiger partial charge in [-0.3, -0.25) is 4.90 Å². The Balaban J connectivity index is 2.26. The van der Waals surface area contributed by atoms with Crippen molar-refractivity contribution in [3.8, 4) is 12.3 Å². The summed E-state index contributed by atoms with van der Waals surface area (Å²) in [7, 11) is 0. The maximum atomic E-state index is 5.41. The Morgan fingerprint density at radius 1 is 1.57 bits per heavy atom. The molecule has 0 aromatic heterocycles. The number of hydrogen-bond donors (Lipinski definition) is 1. The average molecular weight is 194 g/mol. The van der Waals surface area contributed by atoms with Crippen LogP contribution in [0.2, 0.25) is 0 Å². The summed E-state index contributed by atoms with van der Waals surface area (Å²) in [5.74, 6) is 2.78. The predicted molar refractivity (Wildman–Crippen MR) is 61.2 cm³/mol. The van der Waals surface area contributed by atoms with Crippen LogP contribution in [0.1, 0.15) is 33.1 Å². The second-order valence-electron chi connectivity index (χ2n) is 3.96. The van der Waals surface area contributed by atoms with Gasteiger partial charge in [0.05, 0.1) is 6.04 Å². The number of terminal acetylenes is 1. The minimum Gasteiger partial charge on any atom is -0.302 e. The van der Waals surface area contributed by atoms with Crippen LogP contribution in [-0.2, 0) is 0 Å². The number of nitrogens with zero attached hydrogens (tertiary/aromatic N) is 1. The molecule has 1 N–H and O–H groups in total. The molecule has 1 aliphatic heterocycles. The third-order valence-corrected chi connectivity index (χ3v) is 3.11. The van der Waals surface area contributed by atoms with E-state index in [9.17, 15) is 0 Å². The topological polar surface area (TPSA) is 15.3 Å². The Hall–Kier alpha value is -0.520. The highest BCUT2D eigenvalue weighted by atomic mass is 15.2. The first-order valence-corrected chi connectivity index (χ1v) is 5.75. The fourth-order valence-corrected chi connectivity index (χ4v) is 2.14. The standard InChI is InChI=1S/C12H22N2/c1-4-11(5-2)13-10-12-8-7-9-14(12)6-3/h1,11-13H,5-10H2,2-3H3. The SMILES string of the molecule is C#CC(CC)NCC1CCCN1CC. The first-order chi connectivity index (χ1) is 6.81. The lowest BCUT2D eigenvalue weighted by Crippen LogP contribution is -2.41. The van der Waals surface area contributed by atoms with Crippen molar-refractivity contribution in [2.45, 2.75) is 45.2 Å². The molecular formula is C12H22N2. The van der Waals surface area contributed by atoms with Gasteiger partial charge in [-0.2, -0.15) is 0 Å². The summed E-state index contributed by atoms with van der Waals surface area (Å²) in [6, 6.07) is 0.969. The average Bonchev–Trinajstić information content (AvgIpc) is 2.67. The first-order valence-electron chi connectivity index (χ1n) is 5.75. The zero-order chi connectivity index (χ0) is 10.4. The number of hydrogen-bond acceptors (Lipinski definition) is 2. The lowest BCUT2D eigenvalue weighted by atomic mass is 10.2. The molecule has 1 saturated heterocycles. The molecule has 2 atom stereocenters. The largest absolute Gasteiger partial charge is 0.302 e. The Bertz CT molecular complexity index is 195. The van der Waals surface area contributed by atoms with Crippen molar-refractivity contribution in [2.24, 2.45) is 0 Å². The molecule has 0 aromatic carbocycles. The Morgan fingerprint density at radius 3 is 2.93 bits per heavy atom. The molecule has 0 amide bonds. The van der Waals surface area contributed by atoms with Crippen LogP contribution in [0.3, 0.4) is 0 Å². The van der Waals surface area contributed by atoms with E-state index >= 15 is 0 Å². The van der Waals surface area contributed by atoms with Gasteiger partial charge >= 0.3 is 0 Å². The summed E-state index contributed by atoms with van der Waals surface area (Å²) in [6.07, 6.45) is 9.09. The molecule has 0 saturated carbocycles. The maximum Gasteiger partial charge on any atom is 0.0684 e. The summed E-state index contributed by atoms with van der Waals surface area (Å²) < 4.78 is 0. The van der Waals surface area contributed by atoms with E-state index in [1.807, 2.05) is 0 Å². The van der Waals surface area contributed by atoms with Crippen LogP contribution in [0, 0.1) is 12.3 Å². The summed E-state index contributed by atoms with van der Waals surface area (Å²) >= 11 is 0. The van der Waals surface area contributed by atoms with Crippen LogP contribution in [0.25, 0.3) is 0 Å². The summed E-state index contributed by atoms with van der Waals surface area (Å²) in [4.78, 5) is 2.54. The quantitative estimate of drug-likeness (QED) is 0.667. The molecule has 0 spiro atoms. The summed E-state index contributed by atoms with van der Waals surface area (Å²) in [5, 5.41) is 3.45. The Labute approximate surface area is 88.1 Å². The van der Waals surface area contributed by atoms with E-state index in [1.54, 1.807) is 0 Å². The van der Waals surface area contributed by atoms with E-state index in [2.05, 4.69) is 30.0 Å². The smallest absolute Gasteiger partial charge is 0.0684 e. The van der Waals surface area contributed by atoms with Gasteiger partial charge in [0.25, 0.3) is 0 Å². The third kappa shape index (κ3) is 3.01. The molecule has 1 fully saturated rings. The fourth-order valence-electron chi connectivity index (χ4n) is 2.14. The molecule has 1 aliphatic rings. The molecule has 0 aromatic rings. The molecule has 80 valence electrons. The predicted octanol–water partition coefficient (Wildman–Crippen LogP) is 1.47. The number of rotatable bonds is 5. The van der Waals surface area contributed by atoms with E-state index in [1.165, 1.54) is 25.9 Å². The minimum atomic E-state index is 0.259. The first kappa shape index (κ1) is 11.6. The number of nitrogens with one attached hydrogen (secondary N) is 1. The van der Waals surface area contributed by atoms with Gasteiger partial charge in [-0.15, -0.1) is 6.42 Å². The van der Waals surface area contributed by atoms with Gasteiger partial charge < -0.3 is 5.32 Å². The van der Waals surface area contributed by atoms with Gasteiger partial charge in [-0.05, 0) is 32.4 Å². The molecule has 0 radical (unpaired) electrons. The summed E-state index contributed by atoms with van der Waals surface area (Å²) in [5.41, 5.74) is 0. The monoisotopic (exact) mass is 194 g/mol. The van der Waals surface area contributed by atoms with E-state index in [-0.39, 0.29) is 6.04 Å². The van der Waals surface area contributed by atoms with Crippen molar-refractivity contribution in [3.05, 3.63) is 0 Å². The van der Waals surface area contributed by atoms with Crippen LogP contribution in [0.15, 0.2) is 0 Å². The molecule has 2 unspecified atom stereocenters. The number of likely N-dealkylation sites (tertiary alicyclic amines) is 1. The Kier molecular flexibility index (Phi) is 5.00. The molecule has 0 bridgehead atoms. The zero-order valence-corrected chi connectivity index (χ0v) is 9.42. The van der Waals surface area contributed by atoms with Crippen LogP contribution >= 0.6 is 0 Å². The second kappa shape index (κ2) is 6.06. The van der Waals surface area contributed by atoms with E-state index in [4.69, 9.17) is 6.42 Å². The van der Waals surface area contributed by atoms with E-state index in [0.29, 0.717) is 6.04 Å². The third-order valence-electron chi connectivity index (χ3n) is 3.11. The molecule has 2 heteroatoms. The van der Waals surface area contributed by atoms with Gasteiger partial charge in [-0.25, -0.2) is 0 Å². The van der Waals surface area contributed by atoms with Crippen molar-refractivity contribution in [1.29, 1.82) is 0 Å². The van der Waals surface area contributed by atoms with Gasteiger partial charge in [0.15, 0.2) is 0 Å². The van der Waals surface area contributed by atoms with Crippen LogP contribution in [0.5, 0.6) is 0 Å². The highest BCUT2D eigenvalue weighted by Gasteiger charge is 2.22. The molecule has 1 heterocycles. The molecule has 1 rings (SSSR count). The lowest BCUT2D eigenvalue weighted by molar-refractivity contribution is 0.257. The van der Waals surface area contributed by atoms with Crippen molar-refractivity contribution in [3.63, 3.8) is 0 Å². The lowest BCUT2D eigenvalue weighted by Gasteiger charge is -2.24. The summed E-state index contributed by atoms with van der Waals surface area (Å²) in [6.45, 7) is 7.84. The van der Waals surface area contributed by atoms with Gasteiger partial charge in [0.1, 0.15) is 0 Å². The second-order valence-corrected chi connectivity index (χ2v) is 3.96. The van der Waals surface area contributed by atoms with Crippen molar-refractivity contribution in [1.82, 2.24) is 10.2 Å². The van der Waals surface area contributed by atoms with Gasteiger partial charge in [-0.1, -0.05) is 19.8 Å².